The highest BCUT2D eigenvalue weighted by Crippen LogP contribution is 2.43. The largest absolute Gasteiger partial charge is 0.381 e. The van der Waals surface area contributed by atoms with E-state index in [1.165, 1.54) is 25.7 Å². The Morgan fingerprint density at radius 2 is 1.89 bits per heavy atom. The fraction of sp³-hybridized carbons (Fsp3) is 0.929. The molecule has 3 aliphatic rings. The normalized spacial score (nSPS) is 28.6. The second-order valence-electron chi connectivity index (χ2n) is 5.90. The van der Waals surface area contributed by atoms with Gasteiger partial charge in [-0.05, 0) is 44.4 Å². The van der Waals surface area contributed by atoms with E-state index in [0.717, 1.165) is 31.8 Å². The predicted molar refractivity (Wildman–Crippen MR) is 73.5 cm³/mol. The first-order valence-corrected chi connectivity index (χ1v) is 8.25. The molecule has 1 heterocycles. The van der Waals surface area contributed by atoms with E-state index in [1.807, 2.05) is 11.8 Å². The van der Waals surface area contributed by atoms with Crippen LogP contribution in [-0.4, -0.2) is 35.8 Å². The van der Waals surface area contributed by atoms with Crippen molar-refractivity contribution in [2.45, 2.75) is 55.4 Å². The average Bonchev–Trinajstić information content (AvgIpc) is 3.28. The van der Waals surface area contributed by atoms with Crippen LogP contribution in [0.15, 0.2) is 0 Å². The van der Waals surface area contributed by atoms with Crippen LogP contribution in [0.1, 0.15) is 38.5 Å². The van der Waals surface area contributed by atoms with E-state index < -0.39 is 0 Å². The third-order valence-electron chi connectivity index (χ3n) is 4.23. The molecule has 1 atom stereocenters. The van der Waals surface area contributed by atoms with Gasteiger partial charge in [-0.3, -0.25) is 5.32 Å². The Labute approximate surface area is 114 Å². The fourth-order valence-corrected chi connectivity index (χ4v) is 4.10. The monoisotopic (exact) mass is 266 g/mol. The summed E-state index contributed by atoms with van der Waals surface area (Å²) in [6.07, 6.45) is 7.31. The van der Waals surface area contributed by atoms with Crippen LogP contribution in [0.2, 0.25) is 0 Å². The molecule has 18 heavy (non-hydrogen) atoms. The second kappa shape index (κ2) is 5.40. The highest BCUT2D eigenvalue weighted by atomic mass is 32.2. The van der Waals surface area contributed by atoms with E-state index in [4.69, 9.17) is 4.74 Å². The van der Waals surface area contributed by atoms with Gasteiger partial charge >= 0.3 is 0 Å². The van der Waals surface area contributed by atoms with Gasteiger partial charge in [-0.25, -0.2) is 0 Å². The molecule has 1 aliphatic heterocycles. The number of thioether (sulfide) groups is 1. The minimum atomic E-state index is -0.232. The molecule has 2 saturated carbocycles. The standard InChI is InChI=1S/C14H22N2OS/c15-9-14(11-1-2-11,16-12-3-4-12)10-18-13-5-7-17-8-6-13/h11-13,16H,1-8,10H2. The number of nitrogens with one attached hydrogen (secondary N) is 1. The molecule has 1 N–H and O–H groups in total. The number of nitriles is 1. The van der Waals surface area contributed by atoms with Gasteiger partial charge < -0.3 is 4.74 Å². The van der Waals surface area contributed by atoms with Gasteiger partial charge in [-0.15, -0.1) is 0 Å². The Hall–Kier alpha value is -0.240. The minimum absolute atomic E-state index is 0.232. The topological polar surface area (TPSA) is 45.0 Å². The van der Waals surface area contributed by atoms with Crippen LogP contribution < -0.4 is 5.32 Å². The van der Waals surface area contributed by atoms with Crippen molar-refractivity contribution in [1.29, 1.82) is 5.26 Å². The molecule has 0 aromatic carbocycles. The Bertz CT molecular complexity index is 329. The molecule has 2 aliphatic carbocycles. The zero-order valence-corrected chi connectivity index (χ0v) is 11.7. The maximum absolute atomic E-state index is 9.64. The summed E-state index contributed by atoms with van der Waals surface area (Å²) in [6.45, 7) is 1.80. The molecule has 0 spiro atoms. The number of nitrogens with zero attached hydrogens (tertiary/aromatic N) is 1. The summed E-state index contributed by atoms with van der Waals surface area (Å²) in [4.78, 5) is 0. The summed E-state index contributed by atoms with van der Waals surface area (Å²) in [6, 6.07) is 3.25. The lowest BCUT2D eigenvalue weighted by atomic mass is 9.97. The van der Waals surface area contributed by atoms with E-state index in [1.54, 1.807) is 0 Å². The molecule has 1 saturated heterocycles. The van der Waals surface area contributed by atoms with Crippen LogP contribution in [0.25, 0.3) is 0 Å². The van der Waals surface area contributed by atoms with Crippen LogP contribution in [0.4, 0.5) is 0 Å². The zero-order valence-electron chi connectivity index (χ0n) is 10.9. The highest BCUT2D eigenvalue weighted by molar-refractivity contribution is 8.00. The number of hydrogen-bond donors (Lipinski definition) is 1. The summed E-state index contributed by atoms with van der Waals surface area (Å²) < 4.78 is 5.40. The highest BCUT2D eigenvalue weighted by Gasteiger charge is 2.48. The molecule has 0 aromatic rings. The molecule has 3 fully saturated rings. The Balaban J connectivity index is 1.56. The molecule has 100 valence electrons. The van der Waals surface area contributed by atoms with Crippen molar-refractivity contribution in [2.75, 3.05) is 19.0 Å². The fourth-order valence-electron chi connectivity index (χ4n) is 2.69. The number of hydrogen-bond acceptors (Lipinski definition) is 4. The van der Waals surface area contributed by atoms with E-state index in [9.17, 15) is 5.26 Å². The molecule has 3 nitrogen and oxygen atoms in total. The number of rotatable bonds is 6. The second-order valence-corrected chi connectivity index (χ2v) is 7.19. The maximum atomic E-state index is 9.64. The SMILES string of the molecule is N#CC(CSC1CCOCC1)(NC1CC1)C1CC1. The van der Waals surface area contributed by atoms with E-state index in [0.29, 0.717) is 17.2 Å². The van der Waals surface area contributed by atoms with Crippen LogP contribution >= 0.6 is 11.8 Å². The van der Waals surface area contributed by atoms with Crippen LogP contribution in [-0.2, 0) is 4.74 Å². The van der Waals surface area contributed by atoms with Crippen molar-refractivity contribution in [3.05, 3.63) is 0 Å². The zero-order chi connectivity index (χ0) is 12.4. The summed E-state index contributed by atoms with van der Waals surface area (Å²) in [5.74, 6) is 1.57. The van der Waals surface area contributed by atoms with Crippen molar-refractivity contribution in [3.8, 4) is 6.07 Å². The third-order valence-corrected chi connectivity index (χ3v) is 5.79. The van der Waals surface area contributed by atoms with Gasteiger partial charge in [0.1, 0.15) is 5.54 Å². The Kier molecular flexibility index (Phi) is 3.83. The Morgan fingerprint density at radius 3 is 2.44 bits per heavy atom. The number of ether oxygens (including phenoxy) is 1. The first-order chi connectivity index (χ1) is 8.82. The van der Waals surface area contributed by atoms with Gasteiger partial charge in [-0.2, -0.15) is 17.0 Å². The lowest BCUT2D eigenvalue weighted by molar-refractivity contribution is 0.0999. The minimum Gasteiger partial charge on any atom is -0.381 e. The lowest BCUT2D eigenvalue weighted by Crippen LogP contribution is -2.50. The van der Waals surface area contributed by atoms with Crippen LogP contribution in [0.5, 0.6) is 0 Å². The lowest BCUT2D eigenvalue weighted by Gasteiger charge is -2.31. The molecule has 4 heteroatoms. The van der Waals surface area contributed by atoms with Crippen molar-refractivity contribution in [3.63, 3.8) is 0 Å². The quantitative estimate of drug-likeness (QED) is 0.801. The van der Waals surface area contributed by atoms with Crippen molar-refractivity contribution >= 4 is 11.8 Å². The van der Waals surface area contributed by atoms with Gasteiger partial charge in [0.25, 0.3) is 0 Å². The molecule has 1 unspecified atom stereocenters. The smallest absolute Gasteiger partial charge is 0.118 e. The van der Waals surface area contributed by atoms with Gasteiger partial charge in [0.05, 0.1) is 6.07 Å². The summed E-state index contributed by atoms with van der Waals surface area (Å²) in [7, 11) is 0. The van der Waals surface area contributed by atoms with Gasteiger partial charge in [0.2, 0.25) is 0 Å². The summed E-state index contributed by atoms with van der Waals surface area (Å²) >= 11 is 2.00. The van der Waals surface area contributed by atoms with Gasteiger partial charge in [-0.1, -0.05) is 0 Å². The summed E-state index contributed by atoms with van der Waals surface area (Å²) in [5.41, 5.74) is -0.232. The van der Waals surface area contributed by atoms with E-state index in [-0.39, 0.29) is 5.54 Å². The molecule has 0 amide bonds. The molecule has 0 aromatic heterocycles. The van der Waals surface area contributed by atoms with Crippen molar-refractivity contribution in [2.24, 2.45) is 5.92 Å². The summed E-state index contributed by atoms with van der Waals surface area (Å²) in [5, 5.41) is 14.0. The molecular formula is C14H22N2OS. The average molecular weight is 266 g/mol. The van der Waals surface area contributed by atoms with Gasteiger partial charge in [0, 0.05) is 30.3 Å². The first-order valence-electron chi connectivity index (χ1n) is 7.21. The van der Waals surface area contributed by atoms with Gasteiger partial charge in [0.15, 0.2) is 0 Å². The molecule has 0 radical (unpaired) electrons. The van der Waals surface area contributed by atoms with E-state index >= 15 is 0 Å². The van der Waals surface area contributed by atoms with Crippen LogP contribution in [0, 0.1) is 17.2 Å². The first kappa shape index (κ1) is 12.8. The molecular weight excluding hydrogens is 244 g/mol. The maximum Gasteiger partial charge on any atom is 0.118 e. The van der Waals surface area contributed by atoms with Crippen molar-refractivity contribution in [1.82, 2.24) is 5.32 Å². The van der Waals surface area contributed by atoms with Crippen molar-refractivity contribution < 1.29 is 4.74 Å². The molecule has 0 bridgehead atoms. The molecule has 3 rings (SSSR count). The van der Waals surface area contributed by atoms with E-state index in [2.05, 4.69) is 11.4 Å². The third kappa shape index (κ3) is 3.01. The Morgan fingerprint density at radius 1 is 1.17 bits per heavy atom. The predicted octanol–water partition coefficient (Wildman–Crippen LogP) is 2.32. The van der Waals surface area contributed by atoms with Crippen LogP contribution in [0.3, 0.4) is 0 Å².